The Kier molecular flexibility index (Phi) is 4.54. The van der Waals surface area contributed by atoms with Crippen molar-refractivity contribution in [3.8, 4) is 0 Å². The van der Waals surface area contributed by atoms with Gasteiger partial charge in [0.1, 0.15) is 5.82 Å². The topological polar surface area (TPSA) is 66.9 Å². The minimum Gasteiger partial charge on any atom is -0.350 e. The van der Waals surface area contributed by atoms with E-state index in [0.717, 1.165) is 24.3 Å². The van der Waals surface area contributed by atoms with E-state index in [-0.39, 0.29) is 18.7 Å². The van der Waals surface area contributed by atoms with E-state index in [4.69, 9.17) is 0 Å². The second kappa shape index (κ2) is 6.66. The van der Waals surface area contributed by atoms with E-state index >= 15 is 0 Å². The fourth-order valence-electron chi connectivity index (χ4n) is 2.55. The van der Waals surface area contributed by atoms with Crippen LogP contribution in [0, 0.1) is 5.82 Å². The molecular formula is C17H13F4N3O2. The number of nitrogens with zero attached hydrogens (tertiary/aromatic N) is 1. The number of H-pyrrole nitrogens is 1. The highest BCUT2D eigenvalue weighted by Gasteiger charge is 2.30. The van der Waals surface area contributed by atoms with Gasteiger partial charge in [-0.05, 0) is 42.5 Å². The van der Waals surface area contributed by atoms with Crippen LogP contribution in [0.5, 0.6) is 0 Å². The largest absolute Gasteiger partial charge is 0.416 e. The van der Waals surface area contributed by atoms with E-state index < -0.39 is 29.2 Å². The number of nitrogens with one attached hydrogen (secondary N) is 2. The maximum Gasteiger partial charge on any atom is 0.416 e. The average molecular weight is 367 g/mol. The number of aromatic amines is 1. The highest BCUT2D eigenvalue weighted by atomic mass is 19.4. The van der Waals surface area contributed by atoms with Gasteiger partial charge < -0.3 is 10.3 Å². The van der Waals surface area contributed by atoms with E-state index in [1.165, 1.54) is 22.8 Å². The molecule has 0 radical (unpaired) electrons. The summed E-state index contributed by atoms with van der Waals surface area (Å²) in [6.07, 6.45) is -4.47. The number of benzene rings is 2. The molecule has 2 N–H and O–H groups in total. The van der Waals surface area contributed by atoms with Gasteiger partial charge in [0, 0.05) is 18.7 Å². The van der Waals surface area contributed by atoms with Crippen molar-refractivity contribution in [1.29, 1.82) is 0 Å². The summed E-state index contributed by atoms with van der Waals surface area (Å²) in [4.78, 5) is 26.4. The zero-order chi connectivity index (χ0) is 18.9. The van der Waals surface area contributed by atoms with Crippen LogP contribution in [0.25, 0.3) is 11.0 Å². The van der Waals surface area contributed by atoms with E-state index in [2.05, 4.69) is 10.3 Å². The lowest BCUT2D eigenvalue weighted by Gasteiger charge is -2.09. The van der Waals surface area contributed by atoms with Gasteiger partial charge in [0.25, 0.3) is 5.91 Å². The van der Waals surface area contributed by atoms with Crippen molar-refractivity contribution in [2.75, 3.05) is 6.54 Å². The fraction of sp³-hybridized carbons (Fsp3) is 0.176. The van der Waals surface area contributed by atoms with Gasteiger partial charge >= 0.3 is 11.9 Å². The number of halogens is 4. The molecule has 0 saturated carbocycles. The van der Waals surface area contributed by atoms with Crippen LogP contribution in [0.1, 0.15) is 15.9 Å². The number of fused-ring (bicyclic) bond motifs is 1. The van der Waals surface area contributed by atoms with E-state index in [0.29, 0.717) is 11.0 Å². The zero-order valence-electron chi connectivity index (χ0n) is 13.2. The molecule has 1 amide bonds. The third-order valence-electron chi connectivity index (χ3n) is 3.83. The second-order valence-corrected chi connectivity index (χ2v) is 5.57. The van der Waals surface area contributed by atoms with Gasteiger partial charge in [-0.1, -0.05) is 0 Å². The van der Waals surface area contributed by atoms with Crippen molar-refractivity contribution in [2.45, 2.75) is 12.7 Å². The summed E-state index contributed by atoms with van der Waals surface area (Å²) < 4.78 is 52.0. The lowest BCUT2D eigenvalue weighted by molar-refractivity contribution is -0.137. The quantitative estimate of drug-likeness (QED) is 0.697. The molecule has 3 rings (SSSR count). The predicted octanol–water partition coefficient (Wildman–Crippen LogP) is 2.92. The molecule has 0 atom stereocenters. The average Bonchev–Trinajstić information content (AvgIpc) is 2.88. The lowest BCUT2D eigenvalue weighted by Crippen LogP contribution is -2.30. The normalized spacial score (nSPS) is 11.7. The first-order valence-electron chi connectivity index (χ1n) is 7.59. The molecule has 136 valence electrons. The lowest BCUT2D eigenvalue weighted by atomic mass is 10.1. The minimum absolute atomic E-state index is 0.0735. The molecule has 26 heavy (non-hydrogen) atoms. The molecule has 1 heterocycles. The monoisotopic (exact) mass is 367 g/mol. The Labute approximate surface area is 144 Å². The van der Waals surface area contributed by atoms with Gasteiger partial charge in [0.15, 0.2) is 0 Å². The molecule has 0 bridgehead atoms. The minimum atomic E-state index is -4.47. The van der Waals surface area contributed by atoms with Crippen LogP contribution in [0.3, 0.4) is 0 Å². The number of hydrogen-bond donors (Lipinski definition) is 2. The predicted molar refractivity (Wildman–Crippen MR) is 86.3 cm³/mol. The van der Waals surface area contributed by atoms with Crippen LogP contribution < -0.4 is 11.0 Å². The Morgan fingerprint density at radius 1 is 1.12 bits per heavy atom. The molecule has 5 nitrogen and oxygen atoms in total. The van der Waals surface area contributed by atoms with E-state index in [1.807, 2.05) is 0 Å². The molecule has 2 aromatic carbocycles. The Bertz CT molecular complexity index is 1000. The Hall–Kier alpha value is -3.10. The first-order chi connectivity index (χ1) is 12.3. The van der Waals surface area contributed by atoms with Gasteiger partial charge in [-0.3, -0.25) is 9.36 Å². The molecule has 0 aliphatic rings. The summed E-state index contributed by atoms with van der Waals surface area (Å²) in [6.45, 7) is 0.195. The third kappa shape index (κ3) is 3.61. The summed E-state index contributed by atoms with van der Waals surface area (Å²) in [5, 5.41) is 2.53. The summed E-state index contributed by atoms with van der Waals surface area (Å²) >= 11 is 0. The SMILES string of the molecule is O=C(NCCn1c(=O)[nH]c2cc(F)ccc21)c1ccc(C(F)(F)F)cc1. The fourth-order valence-corrected chi connectivity index (χ4v) is 2.55. The third-order valence-corrected chi connectivity index (χ3v) is 3.83. The van der Waals surface area contributed by atoms with E-state index in [1.54, 1.807) is 0 Å². The number of carbonyl (C=O) groups excluding carboxylic acids is 1. The van der Waals surface area contributed by atoms with Gasteiger partial charge in [0.05, 0.1) is 16.6 Å². The van der Waals surface area contributed by atoms with Gasteiger partial charge in [0.2, 0.25) is 0 Å². The molecule has 3 aromatic rings. The van der Waals surface area contributed by atoms with E-state index in [9.17, 15) is 27.2 Å². The first kappa shape index (κ1) is 17.7. The molecule has 0 saturated heterocycles. The number of amides is 1. The molecule has 0 unspecified atom stereocenters. The summed E-state index contributed by atoms with van der Waals surface area (Å²) in [5.74, 6) is -1.04. The second-order valence-electron chi connectivity index (χ2n) is 5.57. The summed E-state index contributed by atoms with van der Waals surface area (Å²) in [5.41, 5.74) is -0.392. The smallest absolute Gasteiger partial charge is 0.350 e. The standard InChI is InChI=1S/C17H13F4N3O2/c18-12-5-6-14-13(9-12)23-16(26)24(14)8-7-22-15(25)10-1-3-11(4-2-10)17(19,20)21/h1-6,9H,7-8H2,(H,22,25)(H,23,26). The number of imidazole rings is 1. The Morgan fingerprint density at radius 2 is 1.81 bits per heavy atom. The van der Waals surface area contributed by atoms with Crippen LogP contribution in [0.15, 0.2) is 47.3 Å². The number of aromatic nitrogens is 2. The van der Waals surface area contributed by atoms with Crippen molar-refractivity contribution >= 4 is 16.9 Å². The first-order valence-corrected chi connectivity index (χ1v) is 7.59. The maximum atomic E-state index is 13.2. The van der Waals surface area contributed by atoms with Gasteiger partial charge in [-0.15, -0.1) is 0 Å². The van der Waals surface area contributed by atoms with Crippen molar-refractivity contribution in [1.82, 2.24) is 14.9 Å². The molecule has 0 spiro atoms. The van der Waals surface area contributed by atoms with Crippen LogP contribution in [-0.2, 0) is 12.7 Å². The Morgan fingerprint density at radius 3 is 2.46 bits per heavy atom. The van der Waals surface area contributed by atoms with Crippen molar-refractivity contribution in [3.63, 3.8) is 0 Å². The molecule has 9 heteroatoms. The number of hydrogen-bond acceptors (Lipinski definition) is 2. The maximum absolute atomic E-state index is 13.2. The van der Waals surface area contributed by atoms with Crippen LogP contribution in [0.4, 0.5) is 17.6 Å². The molecule has 0 fully saturated rings. The highest BCUT2D eigenvalue weighted by molar-refractivity contribution is 5.94. The Balaban J connectivity index is 1.66. The summed E-state index contributed by atoms with van der Waals surface area (Å²) in [6, 6.07) is 7.67. The summed E-state index contributed by atoms with van der Waals surface area (Å²) in [7, 11) is 0. The van der Waals surface area contributed by atoms with Crippen LogP contribution >= 0.6 is 0 Å². The molecule has 0 aliphatic carbocycles. The molecule has 0 aliphatic heterocycles. The van der Waals surface area contributed by atoms with Crippen LogP contribution in [0.2, 0.25) is 0 Å². The van der Waals surface area contributed by atoms with Gasteiger partial charge in [-0.2, -0.15) is 13.2 Å². The molecular weight excluding hydrogens is 354 g/mol. The van der Waals surface area contributed by atoms with Crippen LogP contribution in [-0.4, -0.2) is 22.0 Å². The van der Waals surface area contributed by atoms with Gasteiger partial charge in [-0.25, -0.2) is 9.18 Å². The number of rotatable bonds is 4. The van der Waals surface area contributed by atoms with Crippen molar-refractivity contribution in [2.24, 2.45) is 0 Å². The number of alkyl halides is 3. The van der Waals surface area contributed by atoms with Crippen molar-refractivity contribution in [3.05, 3.63) is 69.9 Å². The number of carbonyl (C=O) groups is 1. The molecule has 1 aromatic heterocycles. The van der Waals surface area contributed by atoms with Crippen molar-refractivity contribution < 1.29 is 22.4 Å². The highest BCUT2D eigenvalue weighted by Crippen LogP contribution is 2.29. The zero-order valence-corrected chi connectivity index (χ0v) is 13.2.